The van der Waals surface area contributed by atoms with E-state index in [1.807, 2.05) is 0 Å². The van der Waals surface area contributed by atoms with Crippen molar-refractivity contribution in [2.24, 2.45) is 11.1 Å². The molecule has 1 fully saturated rings. The predicted molar refractivity (Wildman–Crippen MR) is 89.8 cm³/mol. The molecule has 0 aliphatic heterocycles. The first-order valence-corrected chi connectivity index (χ1v) is 10.9. The Hall–Kier alpha value is -0.653. The van der Waals surface area contributed by atoms with E-state index in [1.54, 1.807) is 0 Å². The van der Waals surface area contributed by atoms with Crippen molar-refractivity contribution in [3.63, 3.8) is 0 Å². The lowest BCUT2D eigenvalue weighted by Crippen LogP contribution is -2.42. The minimum absolute atomic E-state index is 0.281. The van der Waals surface area contributed by atoms with Crippen LogP contribution in [0.4, 0.5) is 0 Å². The average Bonchev–Trinajstić information content (AvgIpc) is 2.99. The molecule has 1 heterocycles. The quantitative estimate of drug-likeness (QED) is 0.787. The predicted octanol–water partition coefficient (Wildman–Crippen LogP) is 3.19. The number of aromatic nitrogens is 2. The zero-order valence-corrected chi connectivity index (χ0v) is 15.3. The van der Waals surface area contributed by atoms with E-state index in [0.29, 0.717) is 12.0 Å². The van der Waals surface area contributed by atoms with Gasteiger partial charge in [0.15, 0.2) is 8.32 Å². The first kappa shape index (κ1) is 16.7. The van der Waals surface area contributed by atoms with Gasteiger partial charge in [-0.25, -0.2) is 0 Å². The number of hydrogen-bond donors (Lipinski definition) is 1. The zero-order valence-electron chi connectivity index (χ0n) is 14.3. The molecule has 0 spiro atoms. The molecule has 4 nitrogen and oxygen atoms in total. The van der Waals surface area contributed by atoms with Crippen LogP contribution in [-0.4, -0.2) is 31.2 Å². The summed E-state index contributed by atoms with van der Waals surface area (Å²) in [5.41, 5.74) is 7.00. The van der Waals surface area contributed by atoms with Gasteiger partial charge in [-0.1, -0.05) is 20.8 Å². The van der Waals surface area contributed by atoms with E-state index in [2.05, 4.69) is 55.9 Å². The van der Waals surface area contributed by atoms with E-state index in [0.717, 1.165) is 25.3 Å². The Kier molecular flexibility index (Phi) is 4.66. The Morgan fingerprint density at radius 3 is 2.57 bits per heavy atom. The van der Waals surface area contributed by atoms with E-state index in [1.165, 1.54) is 12.8 Å². The summed E-state index contributed by atoms with van der Waals surface area (Å²) in [5, 5.41) is 4.89. The monoisotopic (exact) mass is 309 g/mol. The fourth-order valence-corrected chi connectivity index (χ4v) is 3.29. The van der Waals surface area contributed by atoms with Gasteiger partial charge in [-0.3, -0.25) is 4.68 Å². The van der Waals surface area contributed by atoms with Crippen LogP contribution in [0.25, 0.3) is 0 Å². The Morgan fingerprint density at radius 2 is 2.05 bits per heavy atom. The molecule has 0 saturated heterocycles. The number of nitrogens with two attached hydrogens (primary N) is 1. The third-order valence-corrected chi connectivity index (χ3v) is 9.57. The molecule has 0 bridgehead atoms. The molecule has 1 saturated carbocycles. The van der Waals surface area contributed by atoms with Crippen molar-refractivity contribution >= 4 is 8.32 Å². The smallest absolute Gasteiger partial charge is 0.192 e. The maximum atomic E-state index is 6.43. The van der Waals surface area contributed by atoms with Gasteiger partial charge in [-0.2, -0.15) is 5.10 Å². The summed E-state index contributed by atoms with van der Waals surface area (Å²) in [4.78, 5) is 0. The third-order valence-electron chi connectivity index (χ3n) is 5.10. The summed E-state index contributed by atoms with van der Waals surface area (Å²) in [7, 11) is -1.65. The van der Waals surface area contributed by atoms with Crippen LogP contribution in [0.15, 0.2) is 12.3 Å². The Labute approximate surface area is 130 Å². The van der Waals surface area contributed by atoms with Gasteiger partial charge in [0.05, 0.1) is 5.69 Å². The van der Waals surface area contributed by atoms with E-state index in [4.69, 9.17) is 10.2 Å². The van der Waals surface area contributed by atoms with Gasteiger partial charge in [0, 0.05) is 31.2 Å². The van der Waals surface area contributed by atoms with Crippen molar-refractivity contribution < 1.29 is 4.43 Å². The van der Waals surface area contributed by atoms with Crippen LogP contribution in [0, 0.1) is 5.41 Å². The van der Waals surface area contributed by atoms with Crippen molar-refractivity contribution in [1.29, 1.82) is 0 Å². The van der Waals surface area contributed by atoms with Gasteiger partial charge in [0.1, 0.15) is 0 Å². The average molecular weight is 310 g/mol. The highest BCUT2D eigenvalue weighted by atomic mass is 28.4. The molecule has 1 aliphatic rings. The molecule has 5 heteroatoms. The highest BCUT2D eigenvalue weighted by Gasteiger charge is 2.46. The van der Waals surface area contributed by atoms with Gasteiger partial charge in [-0.05, 0) is 43.6 Å². The molecule has 0 atom stereocenters. The van der Waals surface area contributed by atoms with Crippen LogP contribution >= 0.6 is 0 Å². The summed E-state index contributed by atoms with van der Waals surface area (Å²) < 4.78 is 8.50. The van der Waals surface area contributed by atoms with E-state index in [9.17, 15) is 0 Å². The second-order valence-corrected chi connectivity index (χ2v) is 12.9. The van der Waals surface area contributed by atoms with Gasteiger partial charge >= 0.3 is 0 Å². The highest BCUT2D eigenvalue weighted by molar-refractivity contribution is 6.74. The summed E-state index contributed by atoms with van der Waals surface area (Å²) in [5.74, 6) is 0. The molecule has 1 aliphatic carbocycles. The molecule has 120 valence electrons. The van der Waals surface area contributed by atoms with Crippen molar-refractivity contribution in [3.05, 3.63) is 18.0 Å². The van der Waals surface area contributed by atoms with Gasteiger partial charge in [0.25, 0.3) is 0 Å². The topological polar surface area (TPSA) is 53.1 Å². The second kappa shape index (κ2) is 5.86. The lowest BCUT2D eigenvalue weighted by Gasteiger charge is -2.37. The fraction of sp³-hybridized carbons (Fsp3) is 0.812. The zero-order chi connectivity index (χ0) is 15.7. The van der Waals surface area contributed by atoms with Crippen molar-refractivity contribution in [1.82, 2.24) is 9.78 Å². The number of nitrogens with zero attached hydrogens (tertiary/aromatic N) is 2. The minimum atomic E-state index is -1.65. The number of rotatable bonds is 7. The first-order chi connectivity index (χ1) is 9.67. The molecule has 1 aromatic heterocycles. The van der Waals surface area contributed by atoms with E-state index >= 15 is 0 Å². The standard InChI is InChI=1S/C16H31N3OSi/c1-15(2,3)21(4,5)20-13-16(8-9-16)12-19-11-7-14(18-19)6-10-17/h7,11H,6,8-10,12-13,17H2,1-5H3. The molecular formula is C16H31N3OSi. The van der Waals surface area contributed by atoms with Gasteiger partial charge < -0.3 is 10.2 Å². The molecular weight excluding hydrogens is 278 g/mol. The van der Waals surface area contributed by atoms with Crippen molar-refractivity contribution in [2.75, 3.05) is 13.2 Å². The molecule has 2 rings (SSSR count). The van der Waals surface area contributed by atoms with Crippen LogP contribution in [0.2, 0.25) is 18.1 Å². The van der Waals surface area contributed by atoms with Gasteiger partial charge in [-0.15, -0.1) is 0 Å². The minimum Gasteiger partial charge on any atom is -0.416 e. The lowest BCUT2D eigenvalue weighted by atomic mass is 10.1. The van der Waals surface area contributed by atoms with Crippen LogP contribution in [0.3, 0.4) is 0 Å². The molecule has 0 unspecified atom stereocenters. The Balaban J connectivity index is 1.91. The maximum Gasteiger partial charge on any atom is 0.192 e. The lowest BCUT2D eigenvalue weighted by molar-refractivity contribution is 0.193. The Morgan fingerprint density at radius 1 is 1.38 bits per heavy atom. The van der Waals surface area contributed by atoms with Crippen molar-refractivity contribution in [2.45, 2.75) is 64.7 Å². The van der Waals surface area contributed by atoms with Crippen LogP contribution < -0.4 is 5.73 Å². The highest BCUT2D eigenvalue weighted by Crippen LogP contribution is 2.49. The normalized spacial score (nSPS) is 18.0. The molecule has 21 heavy (non-hydrogen) atoms. The number of hydrogen-bond acceptors (Lipinski definition) is 3. The molecule has 1 aromatic rings. The maximum absolute atomic E-state index is 6.43. The summed E-state index contributed by atoms with van der Waals surface area (Å²) in [6.45, 7) is 14.1. The van der Waals surface area contributed by atoms with E-state index in [-0.39, 0.29) is 5.04 Å². The fourth-order valence-electron chi connectivity index (χ4n) is 2.19. The van der Waals surface area contributed by atoms with Crippen LogP contribution in [-0.2, 0) is 17.4 Å². The van der Waals surface area contributed by atoms with Crippen molar-refractivity contribution in [3.8, 4) is 0 Å². The molecule has 0 amide bonds. The SMILES string of the molecule is CC(C)(C)[Si](C)(C)OCC1(Cn2ccc(CCN)n2)CC1. The summed E-state index contributed by atoms with van der Waals surface area (Å²) in [6.07, 6.45) is 5.46. The van der Waals surface area contributed by atoms with Crippen LogP contribution in [0.1, 0.15) is 39.3 Å². The largest absolute Gasteiger partial charge is 0.416 e. The van der Waals surface area contributed by atoms with E-state index < -0.39 is 8.32 Å². The summed E-state index contributed by atoms with van der Waals surface area (Å²) in [6, 6.07) is 2.08. The Bertz CT molecular complexity index is 472. The molecule has 0 radical (unpaired) electrons. The second-order valence-electron chi connectivity index (χ2n) is 8.09. The molecule has 2 N–H and O–H groups in total. The first-order valence-electron chi connectivity index (χ1n) is 8.04. The van der Waals surface area contributed by atoms with Gasteiger partial charge in [0.2, 0.25) is 0 Å². The third kappa shape index (κ3) is 4.17. The molecule has 0 aromatic carbocycles. The summed E-state index contributed by atoms with van der Waals surface area (Å²) >= 11 is 0. The van der Waals surface area contributed by atoms with Crippen LogP contribution in [0.5, 0.6) is 0 Å².